The third-order valence-corrected chi connectivity index (χ3v) is 6.65. The zero-order valence-corrected chi connectivity index (χ0v) is 20.4. The van der Waals surface area contributed by atoms with Gasteiger partial charge in [-0.15, -0.1) is 0 Å². The first-order valence-electron chi connectivity index (χ1n) is 12.6. The van der Waals surface area contributed by atoms with Gasteiger partial charge in [-0.25, -0.2) is 4.98 Å². The SMILES string of the molecule is O=C(Nc1ccccn1)c1ccc(CCCN2CCN(C3=COC(C4=CC=CCC4)=CO3)CC2)cc1. The number of rotatable bonds is 8. The number of carbonyl (C=O) groups is 1. The van der Waals surface area contributed by atoms with Gasteiger partial charge >= 0.3 is 0 Å². The molecule has 1 aromatic heterocycles. The normalized spacial score (nSPS) is 17.9. The van der Waals surface area contributed by atoms with Crippen molar-refractivity contribution in [2.24, 2.45) is 0 Å². The Morgan fingerprint density at radius 1 is 1.00 bits per heavy atom. The first kappa shape index (κ1) is 23.9. The van der Waals surface area contributed by atoms with Crippen molar-refractivity contribution in [3.8, 4) is 0 Å². The predicted octanol–water partition coefficient (Wildman–Crippen LogP) is 4.85. The van der Waals surface area contributed by atoms with Crippen LogP contribution in [0.2, 0.25) is 0 Å². The Balaban J connectivity index is 1.01. The molecule has 0 bridgehead atoms. The number of anilines is 1. The lowest BCUT2D eigenvalue weighted by atomic mass is 10.0. The van der Waals surface area contributed by atoms with E-state index in [-0.39, 0.29) is 5.91 Å². The van der Waals surface area contributed by atoms with E-state index in [0.717, 1.165) is 70.0 Å². The van der Waals surface area contributed by atoms with Crippen molar-refractivity contribution in [2.45, 2.75) is 25.7 Å². The molecule has 5 rings (SSSR count). The number of pyridine rings is 1. The molecule has 1 aliphatic carbocycles. The van der Waals surface area contributed by atoms with Crippen LogP contribution in [-0.4, -0.2) is 53.4 Å². The third-order valence-electron chi connectivity index (χ3n) is 6.65. The molecular formula is C29H32N4O3. The molecular weight excluding hydrogens is 452 g/mol. The Morgan fingerprint density at radius 3 is 2.56 bits per heavy atom. The first-order valence-corrected chi connectivity index (χ1v) is 12.6. The van der Waals surface area contributed by atoms with Crippen LogP contribution in [0.1, 0.15) is 35.2 Å². The molecule has 7 heteroatoms. The quantitative estimate of drug-likeness (QED) is 0.578. The van der Waals surface area contributed by atoms with Gasteiger partial charge < -0.3 is 19.7 Å². The van der Waals surface area contributed by atoms with Gasteiger partial charge in [0.2, 0.25) is 5.88 Å². The van der Waals surface area contributed by atoms with Gasteiger partial charge in [-0.2, -0.15) is 0 Å². The number of amides is 1. The number of nitrogens with one attached hydrogen (secondary N) is 1. The molecule has 7 nitrogen and oxygen atoms in total. The summed E-state index contributed by atoms with van der Waals surface area (Å²) in [5, 5.41) is 2.82. The van der Waals surface area contributed by atoms with Gasteiger partial charge in [0.15, 0.2) is 12.0 Å². The molecule has 0 spiro atoms. The van der Waals surface area contributed by atoms with Crippen molar-refractivity contribution < 1.29 is 14.3 Å². The average molecular weight is 485 g/mol. The average Bonchev–Trinajstić information content (AvgIpc) is 2.95. The van der Waals surface area contributed by atoms with Crippen LogP contribution in [0.25, 0.3) is 0 Å². The van der Waals surface area contributed by atoms with E-state index in [1.807, 2.05) is 36.4 Å². The lowest BCUT2D eigenvalue weighted by Crippen LogP contribution is -2.46. The molecule has 2 aliphatic heterocycles. The van der Waals surface area contributed by atoms with Gasteiger partial charge in [0.25, 0.3) is 5.91 Å². The minimum atomic E-state index is -0.143. The number of benzene rings is 1. The van der Waals surface area contributed by atoms with Gasteiger partial charge in [-0.05, 0) is 67.6 Å². The number of ether oxygens (including phenoxy) is 2. The summed E-state index contributed by atoms with van der Waals surface area (Å²) >= 11 is 0. The Morgan fingerprint density at radius 2 is 1.86 bits per heavy atom. The van der Waals surface area contributed by atoms with Crippen LogP contribution in [0.15, 0.2) is 96.6 Å². The van der Waals surface area contributed by atoms with Gasteiger partial charge in [0.05, 0.1) is 0 Å². The van der Waals surface area contributed by atoms with Gasteiger partial charge in [0.1, 0.15) is 12.1 Å². The summed E-state index contributed by atoms with van der Waals surface area (Å²) in [6.45, 7) is 4.89. The summed E-state index contributed by atoms with van der Waals surface area (Å²) in [5.41, 5.74) is 3.06. The molecule has 1 saturated heterocycles. The van der Waals surface area contributed by atoms with Crippen LogP contribution in [0, 0.1) is 0 Å². The van der Waals surface area contributed by atoms with Crippen LogP contribution in [0.5, 0.6) is 0 Å². The Kier molecular flexibility index (Phi) is 7.78. The molecule has 0 saturated carbocycles. The summed E-state index contributed by atoms with van der Waals surface area (Å²) in [5.74, 6) is 2.01. The van der Waals surface area contributed by atoms with E-state index in [9.17, 15) is 4.79 Å². The second-order valence-electron chi connectivity index (χ2n) is 9.13. The fourth-order valence-corrected chi connectivity index (χ4v) is 4.54. The van der Waals surface area contributed by atoms with Crippen LogP contribution >= 0.6 is 0 Å². The highest BCUT2D eigenvalue weighted by molar-refractivity contribution is 6.03. The standard InChI is InChI=1S/C29H32N4O3/c34-29(31-27-10-4-5-15-30-27)25-13-11-23(12-14-25)7-6-16-32-17-19-33(20-18-32)28-22-35-26(21-36-28)24-8-2-1-3-9-24/h1-2,4-5,8,10-15,21-22H,3,6-7,9,16-20H2,(H,30,31,34). The fourth-order valence-electron chi connectivity index (χ4n) is 4.54. The van der Waals surface area contributed by atoms with Crippen LogP contribution in [0.4, 0.5) is 5.82 Å². The van der Waals surface area contributed by atoms with E-state index in [1.165, 1.54) is 11.1 Å². The molecule has 1 N–H and O–H groups in total. The van der Waals surface area contributed by atoms with Crippen molar-refractivity contribution in [1.29, 1.82) is 0 Å². The van der Waals surface area contributed by atoms with E-state index >= 15 is 0 Å². The van der Waals surface area contributed by atoms with E-state index < -0.39 is 0 Å². The lowest BCUT2D eigenvalue weighted by Gasteiger charge is -2.36. The van der Waals surface area contributed by atoms with Crippen molar-refractivity contribution >= 4 is 11.7 Å². The second-order valence-corrected chi connectivity index (χ2v) is 9.13. The molecule has 0 unspecified atom stereocenters. The summed E-state index contributed by atoms with van der Waals surface area (Å²) in [4.78, 5) is 21.3. The maximum absolute atomic E-state index is 12.4. The summed E-state index contributed by atoms with van der Waals surface area (Å²) < 4.78 is 11.8. The van der Waals surface area contributed by atoms with Crippen molar-refractivity contribution in [3.63, 3.8) is 0 Å². The Hall–Kier alpha value is -3.84. The van der Waals surface area contributed by atoms with Crippen LogP contribution in [0.3, 0.4) is 0 Å². The number of piperazine rings is 1. The van der Waals surface area contributed by atoms with E-state index in [0.29, 0.717) is 11.4 Å². The van der Waals surface area contributed by atoms with Crippen molar-refractivity contribution in [1.82, 2.24) is 14.8 Å². The molecule has 186 valence electrons. The Bertz CT molecular complexity index is 1160. The molecule has 0 radical (unpaired) electrons. The number of carbonyl (C=O) groups excluding carboxylic acids is 1. The number of nitrogens with zero attached hydrogens (tertiary/aromatic N) is 3. The highest BCUT2D eigenvalue weighted by Crippen LogP contribution is 2.26. The second kappa shape index (κ2) is 11.7. The number of aryl methyl sites for hydroxylation is 1. The lowest BCUT2D eigenvalue weighted by molar-refractivity contribution is 0.0842. The fraction of sp³-hybridized carbons (Fsp3) is 0.310. The maximum Gasteiger partial charge on any atom is 0.256 e. The summed E-state index contributed by atoms with van der Waals surface area (Å²) in [6.07, 6.45) is 15.6. The van der Waals surface area contributed by atoms with Crippen LogP contribution in [-0.2, 0) is 15.9 Å². The van der Waals surface area contributed by atoms with Crippen molar-refractivity contribution in [3.05, 3.63) is 108 Å². The zero-order chi connectivity index (χ0) is 24.6. The first-order chi connectivity index (χ1) is 17.7. The monoisotopic (exact) mass is 484 g/mol. The summed E-state index contributed by atoms with van der Waals surface area (Å²) in [6, 6.07) is 13.3. The number of allylic oxidation sites excluding steroid dienone is 4. The van der Waals surface area contributed by atoms with Gasteiger partial charge in [-0.3, -0.25) is 9.69 Å². The molecule has 1 fully saturated rings. The molecule has 1 aromatic carbocycles. The van der Waals surface area contributed by atoms with Crippen LogP contribution < -0.4 is 5.32 Å². The molecule has 3 aliphatic rings. The predicted molar refractivity (Wildman–Crippen MR) is 140 cm³/mol. The molecule has 3 heterocycles. The minimum Gasteiger partial charge on any atom is -0.456 e. The smallest absolute Gasteiger partial charge is 0.256 e. The Labute approximate surface area is 212 Å². The van der Waals surface area contributed by atoms with Gasteiger partial charge in [-0.1, -0.05) is 36.4 Å². The maximum atomic E-state index is 12.4. The largest absolute Gasteiger partial charge is 0.456 e. The van der Waals surface area contributed by atoms with E-state index in [2.05, 4.69) is 38.3 Å². The topological polar surface area (TPSA) is 66.9 Å². The molecule has 2 aromatic rings. The third kappa shape index (κ3) is 6.23. The highest BCUT2D eigenvalue weighted by Gasteiger charge is 2.22. The summed E-state index contributed by atoms with van der Waals surface area (Å²) in [7, 11) is 0. The van der Waals surface area contributed by atoms with Gasteiger partial charge in [0, 0.05) is 37.9 Å². The molecule has 0 atom stereocenters. The molecule has 1 amide bonds. The highest BCUT2D eigenvalue weighted by atomic mass is 16.6. The number of aromatic nitrogens is 1. The minimum absolute atomic E-state index is 0.143. The zero-order valence-electron chi connectivity index (χ0n) is 20.4. The van der Waals surface area contributed by atoms with E-state index in [4.69, 9.17) is 9.47 Å². The van der Waals surface area contributed by atoms with E-state index in [1.54, 1.807) is 24.8 Å². The molecule has 36 heavy (non-hydrogen) atoms. The number of hydrogen-bond donors (Lipinski definition) is 1. The van der Waals surface area contributed by atoms with Crippen molar-refractivity contribution in [2.75, 3.05) is 38.0 Å². The number of hydrogen-bond acceptors (Lipinski definition) is 6.